The number of amides is 1. The van der Waals surface area contributed by atoms with Crippen molar-refractivity contribution < 1.29 is 14.3 Å². The summed E-state index contributed by atoms with van der Waals surface area (Å²) in [7, 11) is 0. The van der Waals surface area contributed by atoms with Gasteiger partial charge in [0.1, 0.15) is 0 Å². The number of ether oxygens (including phenoxy) is 2. The van der Waals surface area contributed by atoms with Crippen LogP contribution in [0.25, 0.3) is 6.08 Å². The van der Waals surface area contributed by atoms with Crippen molar-refractivity contribution in [2.24, 2.45) is 4.99 Å². The lowest BCUT2D eigenvalue weighted by Crippen LogP contribution is -2.19. The van der Waals surface area contributed by atoms with Crippen LogP contribution in [0.5, 0.6) is 11.5 Å². The zero-order valence-electron chi connectivity index (χ0n) is 12.6. The molecular formula is C17H10Cl2N2O3S. The van der Waals surface area contributed by atoms with E-state index in [4.69, 9.17) is 32.7 Å². The molecule has 0 saturated carbocycles. The first-order chi connectivity index (χ1) is 12.1. The first kappa shape index (κ1) is 16.3. The van der Waals surface area contributed by atoms with Crippen LogP contribution in [0.3, 0.4) is 0 Å². The van der Waals surface area contributed by atoms with E-state index in [-0.39, 0.29) is 12.7 Å². The number of carbonyl (C=O) groups excluding carboxylic acids is 1. The number of hydrogen-bond donors (Lipinski definition) is 1. The Balaban J connectivity index is 1.63. The van der Waals surface area contributed by atoms with Crippen molar-refractivity contribution in [2.45, 2.75) is 0 Å². The number of halogens is 2. The number of fused-ring (bicyclic) bond motifs is 1. The van der Waals surface area contributed by atoms with Gasteiger partial charge in [-0.1, -0.05) is 35.3 Å². The minimum Gasteiger partial charge on any atom is -0.454 e. The molecule has 8 heteroatoms. The van der Waals surface area contributed by atoms with Gasteiger partial charge in [-0.25, -0.2) is 4.99 Å². The highest BCUT2D eigenvalue weighted by molar-refractivity contribution is 8.18. The van der Waals surface area contributed by atoms with Gasteiger partial charge in [-0.3, -0.25) is 4.79 Å². The first-order valence-corrected chi connectivity index (χ1v) is 8.80. The third kappa shape index (κ3) is 3.33. The van der Waals surface area contributed by atoms with Crippen LogP contribution in [0, 0.1) is 0 Å². The second-order valence-electron chi connectivity index (χ2n) is 5.16. The number of rotatable bonds is 2. The molecular weight excluding hydrogens is 383 g/mol. The molecule has 2 aliphatic rings. The molecule has 25 heavy (non-hydrogen) atoms. The fraction of sp³-hybridized carbons (Fsp3) is 0.0588. The lowest BCUT2D eigenvalue weighted by atomic mass is 10.2. The van der Waals surface area contributed by atoms with Crippen LogP contribution >= 0.6 is 35.0 Å². The Morgan fingerprint density at radius 3 is 2.68 bits per heavy atom. The molecule has 2 heterocycles. The number of benzene rings is 2. The van der Waals surface area contributed by atoms with Crippen LogP contribution in [0.4, 0.5) is 5.69 Å². The summed E-state index contributed by atoms with van der Waals surface area (Å²) in [6, 6.07) is 10.6. The van der Waals surface area contributed by atoms with Crippen molar-refractivity contribution in [1.29, 1.82) is 0 Å². The van der Waals surface area contributed by atoms with Crippen molar-refractivity contribution in [3.05, 3.63) is 56.9 Å². The quantitative estimate of drug-likeness (QED) is 0.757. The van der Waals surface area contributed by atoms with Gasteiger partial charge >= 0.3 is 0 Å². The number of aliphatic imine (C=N–C) groups is 1. The third-order valence-electron chi connectivity index (χ3n) is 3.50. The summed E-state index contributed by atoms with van der Waals surface area (Å²) in [5, 5.41) is 4.17. The standard InChI is InChI=1S/C17H10Cl2N2O3S/c18-10-3-1-2-4-12(10)20-17-21-16(22)15(25-17)6-9-5-13-14(7-11(9)19)24-8-23-13/h1-7H,8H2,(H,20,21,22). The highest BCUT2D eigenvalue weighted by Crippen LogP contribution is 2.39. The fourth-order valence-electron chi connectivity index (χ4n) is 2.32. The molecule has 0 radical (unpaired) electrons. The van der Waals surface area contributed by atoms with Crippen LogP contribution in [0.1, 0.15) is 5.56 Å². The molecule has 0 spiro atoms. The topological polar surface area (TPSA) is 59.9 Å². The van der Waals surface area contributed by atoms with E-state index in [0.717, 1.165) is 0 Å². The van der Waals surface area contributed by atoms with E-state index in [9.17, 15) is 4.79 Å². The van der Waals surface area contributed by atoms with Gasteiger partial charge in [0.15, 0.2) is 16.7 Å². The molecule has 0 bridgehead atoms. The number of nitrogens with one attached hydrogen (secondary N) is 1. The zero-order valence-corrected chi connectivity index (χ0v) is 14.9. The van der Waals surface area contributed by atoms with Crippen molar-refractivity contribution >= 4 is 57.8 Å². The molecule has 0 unspecified atom stereocenters. The molecule has 1 N–H and O–H groups in total. The summed E-state index contributed by atoms with van der Waals surface area (Å²) in [5.74, 6) is 0.950. The predicted molar refractivity (Wildman–Crippen MR) is 99.8 cm³/mol. The maximum absolute atomic E-state index is 12.2. The molecule has 0 aromatic heterocycles. The van der Waals surface area contributed by atoms with Gasteiger partial charge in [-0.2, -0.15) is 0 Å². The zero-order chi connectivity index (χ0) is 17.4. The van der Waals surface area contributed by atoms with E-state index in [1.165, 1.54) is 11.8 Å². The maximum atomic E-state index is 12.2. The van der Waals surface area contributed by atoms with E-state index in [1.807, 2.05) is 12.1 Å². The monoisotopic (exact) mass is 392 g/mol. The highest BCUT2D eigenvalue weighted by Gasteiger charge is 2.25. The SMILES string of the molecule is O=C1NC(=Nc2ccccc2Cl)SC1=Cc1cc2c(cc1Cl)OCO2. The molecule has 2 aromatic rings. The molecule has 5 nitrogen and oxygen atoms in total. The molecule has 2 aromatic carbocycles. The van der Waals surface area contributed by atoms with Gasteiger partial charge in [-0.15, -0.1) is 0 Å². The number of thioether (sulfide) groups is 1. The number of amidine groups is 1. The smallest absolute Gasteiger partial charge is 0.264 e. The lowest BCUT2D eigenvalue weighted by Gasteiger charge is -2.02. The van der Waals surface area contributed by atoms with E-state index in [2.05, 4.69) is 10.3 Å². The predicted octanol–water partition coefficient (Wildman–Crippen LogP) is 4.61. The van der Waals surface area contributed by atoms with Gasteiger partial charge in [0.25, 0.3) is 5.91 Å². The van der Waals surface area contributed by atoms with E-state index in [1.54, 1.807) is 30.3 Å². The first-order valence-electron chi connectivity index (χ1n) is 7.23. The Kier molecular flexibility index (Phi) is 4.33. The van der Waals surface area contributed by atoms with Gasteiger partial charge in [0.2, 0.25) is 6.79 Å². The molecule has 1 saturated heterocycles. The minimum atomic E-state index is -0.246. The van der Waals surface area contributed by atoms with Crippen LogP contribution in [0.2, 0.25) is 10.0 Å². The largest absolute Gasteiger partial charge is 0.454 e. The third-order valence-corrected chi connectivity index (χ3v) is 5.06. The molecule has 4 rings (SSSR count). The summed E-state index contributed by atoms with van der Waals surface area (Å²) in [4.78, 5) is 17.1. The Morgan fingerprint density at radius 2 is 1.88 bits per heavy atom. The van der Waals surface area contributed by atoms with Crippen molar-refractivity contribution in [3.8, 4) is 11.5 Å². The molecule has 0 aliphatic carbocycles. The van der Waals surface area contributed by atoms with E-state index >= 15 is 0 Å². The Hall–Kier alpha value is -2.15. The van der Waals surface area contributed by atoms with E-state index < -0.39 is 0 Å². The van der Waals surface area contributed by atoms with Crippen LogP contribution in [0.15, 0.2) is 46.3 Å². The fourth-order valence-corrected chi connectivity index (χ4v) is 3.53. The van der Waals surface area contributed by atoms with Crippen LogP contribution < -0.4 is 14.8 Å². The molecule has 1 amide bonds. The highest BCUT2D eigenvalue weighted by atomic mass is 35.5. The minimum absolute atomic E-state index is 0.162. The average molecular weight is 393 g/mol. The summed E-state index contributed by atoms with van der Waals surface area (Å²) in [6.07, 6.45) is 1.69. The summed E-state index contributed by atoms with van der Waals surface area (Å²) in [5.41, 5.74) is 1.26. The maximum Gasteiger partial charge on any atom is 0.264 e. The Labute approximate surface area is 157 Å². The lowest BCUT2D eigenvalue weighted by molar-refractivity contribution is -0.115. The summed E-state index contributed by atoms with van der Waals surface area (Å²) >= 11 is 13.6. The number of para-hydroxylation sites is 1. The summed E-state index contributed by atoms with van der Waals surface area (Å²) in [6.45, 7) is 0.162. The van der Waals surface area contributed by atoms with Gasteiger partial charge < -0.3 is 14.8 Å². The Bertz CT molecular complexity index is 943. The van der Waals surface area contributed by atoms with Gasteiger partial charge in [0, 0.05) is 6.07 Å². The summed E-state index contributed by atoms with van der Waals surface area (Å²) < 4.78 is 10.6. The number of hydrogen-bond acceptors (Lipinski definition) is 5. The van der Waals surface area contributed by atoms with Gasteiger partial charge in [-0.05, 0) is 41.6 Å². The Morgan fingerprint density at radius 1 is 1.12 bits per heavy atom. The number of carbonyl (C=O) groups is 1. The second-order valence-corrected chi connectivity index (χ2v) is 7.01. The average Bonchev–Trinajstić information content (AvgIpc) is 3.16. The molecule has 2 aliphatic heterocycles. The van der Waals surface area contributed by atoms with E-state index in [0.29, 0.717) is 42.9 Å². The van der Waals surface area contributed by atoms with Crippen molar-refractivity contribution in [2.75, 3.05) is 6.79 Å². The van der Waals surface area contributed by atoms with Crippen molar-refractivity contribution in [3.63, 3.8) is 0 Å². The van der Waals surface area contributed by atoms with Crippen LogP contribution in [-0.4, -0.2) is 17.9 Å². The number of nitrogens with zero attached hydrogens (tertiary/aromatic N) is 1. The van der Waals surface area contributed by atoms with Gasteiger partial charge in [0.05, 0.1) is 20.6 Å². The molecule has 126 valence electrons. The van der Waals surface area contributed by atoms with Crippen molar-refractivity contribution in [1.82, 2.24) is 5.32 Å². The molecule has 1 fully saturated rings. The second kappa shape index (κ2) is 6.63. The normalized spacial score (nSPS) is 18.9. The van der Waals surface area contributed by atoms with Crippen LogP contribution in [-0.2, 0) is 4.79 Å². The molecule has 0 atom stereocenters.